The highest BCUT2D eigenvalue weighted by molar-refractivity contribution is 5.12. The van der Waals surface area contributed by atoms with Gasteiger partial charge < -0.3 is 5.11 Å². The van der Waals surface area contributed by atoms with Crippen molar-refractivity contribution in [3.05, 3.63) is 18.0 Å². The molecule has 1 aliphatic rings. The normalized spacial score (nSPS) is 22.4. The highest BCUT2D eigenvalue weighted by Crippen LogP contribution is 2.31. The van der Waals surface area contributed by atoms with E-state index in [4.69, 9.17) is 5.11 Å². The molecule has 0 saturated carbocycles. The molecule has 0 amide bonds. The van der Waals surface area contributed by atoms with Crippen LogP contribution >= 0.6 is 0 Å². The number of aromatic nitrogens is 2. The molecule has 84 valence electrons. The molecule has 1 aromatic rings. The van der Waals surface area contributed by atoms with E-state index in [1.165, 1.54) is 18.4 Å². The molecule has 1 N–H and O–H groups in total. The average molecular weight is 209 g/mol. The summed E-state index contributed by atoms with van der Waals surface area (Å²) in [5.74, 6) is 0. The van der Waals surface area contributed by atoms with Crippen LogP contribution in [0.1, 0.15) is 30.9 Å². The van der Waals surface area contributed by atoms with Gasteiger partial charge in [-0.2, -0.15) is 5.10 Å². The van der Waals surface area contributed by atoms with E-state index in [2.05, 4.69) is 16.2 Å². The Kier molecular flexibility index (Phi) is 3.38. The Balaban J connectivity index is 2.01. The topological polar surface area (TPSA) is 41.3 Å². The Morgan fingerprint density at radius 3 is 3.13 bits per heavy atom. The van der Waals surface area contributed by atoms with E-state index >= 15 is 0 Å². The van der Waals surface area contributed by atoms with Crippen molar-refractivity contribution in [2.45, 2.75) is 25.3 Å². The lowest BCUT2D eigenvalue weighted by Gasteiger charge is -2.22. The number of hydrogen-bond donors (Lipinski definition) is 1. The third-order valence-electron chi connectivity index (χ3n) is 3.08. The molecule has 4 nitrogen and oxygen atoms in total. The second-order valence-electron chi connectivity index (χ2n) is 4.22. The first-order valence-corrected chi connectivity index (χ1v) is 5.64. The van der Waals surface area contributed by atoms with E-state index in [1.807, 2.05) is 17.9 Å². The number of rotatable bonds is 4. The molecule has 1 aliphatic heterocycles. The van der Waals surface area contributed by atoms with E-state index in [9.17, 15) is 0 Å². The number of aryl methyl sites for hydroxylation is 1. The first kappa shape index (κ1) is 10.6. The summed E-state index contributed by atoms with van der Waals surface area (Å²) >= 11 is 0. The van der Waals surface area contributed by atoms with Crippen LogP contribution < -0.4 is 0 Å². The first-order chi connectivity index (χ1) is 7.31. The largest absolute Gasteiger partial charge is 0.396 e. The van der Waals surface area contributed by atoms with E-state index in [0.717, 1.165) is 19.5 Å². The molecule has 1 aromatic heterocycles. The monoisotopic (exact) mass is 209 g/mol. The van der Waals surface area contributed by atoms with Crippen molar-refractivity contribution in [3.8, 4) is 0 Å². The maximum absolute atomic E-state index is 8.84. The fraction of sp³-hybridized carbons (Fsp3) is 0.727. The predicted octanol–water partition coefficient (Wildman–Crippen LogP) is 0.939. The lowest BCUT2D eigenvalue weighted by molar-refractivity contribution is 0.213. The Hall–Kier alpha value is -0.870. The van der Waals surface area contributed by atoms with Crippen LogP contribution in [0.5, 0.6) is 0 Å². The summed E-state index contributed by atoms with van der Waals surface area (Å²) in [5, 5.41) is 13.1. The SMILES string of the molecule is Cn1cc(C2CCCN2CCCO)cn1. The molecule has 1 unspecified atom stereocenters. The van der Waals surface area contributed by atoms with Crippen molar-refractivity contribution in [2.75, 3.05) is 19.7 Å². The minimum Gasteiger partial charge on any atom is -0.396 e. The van der Waals surface area contributed by atoms with Crippen LogP contribution in [0.3, 0.4) is 0 Å². The van der Waals surface area contributed by atoms with Crippen LogP contribution in [0.15, 0.2) is 12.4 Å². The molecule has 0 radical (unpaired) electrons. The number of nitrogens with zero attached hydrogens (tertiary/aromatic N) is 3. The van der Waals surface area contributed by atoms with Gasteiger partial charge in [-0.25, -0.2) is 0 Å². The lowest BCUT2D eigenvalue weighted by atomic mass is 10.1. The quantitative estimate of drug-likeness (QED) is 0.802. The first-order valence-electron chi connectivity index (χ1n) is 5.64. The van der Waals surface area contributed by atoms with Crippen molar-refractivity contribution in [1.29, 1.82) is 0 Å². The molecule has 2 heterocycles. The molecular weight excluding hydrogens is 190 g/mol. The number of hydrogen-bond acceptors (Lipinski definition) is 3. The summed E-state index contributed by atoms with van der Waals surface area (Å²) in [4.78, 5) is 2.45. The van der Waals surface area contributed by atoms with Gasteiger partial charge >= 0.3 is 0 Å². The summed E-state index contributed by atoms with van der Waals surface area (Å²) < 4.78 is 1.86. The third-order valence-corrected chi connectivity index (χ3v) is 3.08. The minimum absolute atomic E-state index is 0.288. The van der Waals surface area contributed by atoms with E-state index in [-0.39, 0.29) is 6.61 Å². The highest BCUT2D eigenvalue weighted by atomic mass is 16.3. The zero-order chi connectivity index (χ0) is 10.7. The molecule has 15 heavy (non-hydrogen) atoms. The van der Waals surface area contributed by atoms with Crippen LogP contribution in [0.25, 0.3) is 0 Å². The number of aliphatic hydroxyl groups is 1. The Morgan fingerprint density at radius 1 is 1.60 bits per heavy atom. The van der Waals surface area contributed by atoms with Gasteiger partial charge in [0.05, 0.1) is 6.20 Å². The maximum atomic E-state index is 8.84. The lowest BCUT2D eigenvalue weighted by Crippen LogP contribution is -2.24. The van der Waals surface area contributed by atoms with Gasteiger partial charge in [0.1, 0.15) is 0 Å². The summed E-state index contributed by atoms with van der Waals surface area (Å²) in [7, 11) is 1.95. The van der Waals surface area contributed by atoms with Gasteiger partial charge in [0.25, 0.3) is 0 Å². The summed E-state index contributed by atoms with van der Waals surface area (Å²) in [6.45, 7) is 2.44. The van der Waals surface area contributed by atoms with Crippen molar-refractivity contribution in [3.63, 3.8) is 0 Å². The molecular formula is C11H19N3O. The van der Waals surface area contributed by atoms with Gasteiger partial charge in [-0.1, -0.05) is 0 Å². The van der Waals surface area contributed by atoms with Gasteiger partial charge in [-0.3, -0.25) is 9.58 Å². The molecule has 0 bridgehead atoms. The molecule has 2 rings (SSSR count). The van der Waals surface area contributed by atoms with Gasteiger partial charge in [-0.15, -0.1) is 0 Å². The minimum atomic E-state index is 0.288. The van der Waals surface area contributed by atoms with Gasteiger partial charge in [-0.05, 0) is 25.8 Å². The predicted molar refractivity (Wildman–Crippen MR) is 58.5 cm³/mol. The van der Waals surface area contributed by atoms with Crippen molar-refractivity contribution >= 4 is 0 Å². The average Bonchev–Trinajstić information content (AvgIpc) is 2.82. The molecule has 0 aromatic carbocycles. The van der Waals surface area contributed by atoms with E-state index < -0.39 is 0 Å². The second kappa shape index (κ2) is 4.77. The zero-order valence-corrected chi connectivity index (χ0v) is 9.26. The Labute approximate surface area is 90.5 Å². The fourth-order valence-electron chi connectivity index (χ4n) is 2.36. The second-order valence-corrected chi connectivity index (χ2v) is 4.22. The van der Waals surface area contributed by atoms with Crippen molar-refractivity contribution in [1.82, 2.24) is 14.7 Å². The van der Waals surface area contributed by atoms with Gasteiger partial charge in [0.2, 0.25) is 0 Å². The standard InChI is InChI=1S/C11H19N3O/c1-13-9-10(8-12-13)11-4-2-5-14(11)6-3-7-15/h8-9,11,15H,2-7H2,1H3. The molecule has 0 aliphatic carbocycles. The van der Waals surface area contributed by atoms with Crippen LogP contribution in [0, 0.1) is 0 Å². The molecule has 1 saturated heterocycles. The van der Waals surface area contributed by atoms with Crippen LogP contribution in [0.2, 0.25) is 0 Å². The number of aliphatic hydroxyl groups excluding tert-OH is 1. The van der Waals surface area contributed by atoms with Gasteiger partial charge in [0, 0.05) is 38.0 Å². The van der Waals surface area contributed by atoms with Gasteiger partial charge in [0.15, 0.2) is 0 Å². The van der Waals surface area contributed by atoms with Crippen molar-refractivity contribution in [2.24, 2.45) is 7.05 Å². The molecule has 1 atom stereocenters. The Morgan fingerprint density at radius 2 is 2.47 bits per heavy atom. The summed E-state index contributed by atoms with van der Waals surface area (Å²) in [6.07, 6.45) is 7.41. The maximum Gasteiger partial charge on any atom is 0.0537 e. The van der Waals surface area contributed by atoms with E-state index in [1.54, 1.807) is 0 Å². The van der Waals surface area contributed by atoms with Crippen LogP contribution in [-0.2, 0) is 7.05 Å². The zero-order valence-electron chi connectivity index (χ0n) is 9.26. The third kappa shape index (κ3) is 2.38. The molecule has 0 spiro atoms. The molecule has 1 fully saturated rings. The Bertz CT molecular complexity index is 311. The van der Waals surface area contributed by atoms with Crippen LogP contribution in [-0.4, -0.2) is 39.5 Å². The van der Waals surface area contributed by atoms with E-state index in [0.29, 0.717) is 6.04 Å². The number of likely N-dealkylation sites (tertiary alicyclic amines) is 1. The summed E-state index contributed by atoms with van der Waals surface area (Å²) in [5.41, 5.74) is 1.31. The smallest absolute Gasteiger partial charge is 0.0537 e. The van der Waals surface area contributed by atoms with Crippen molar-refractivity contribution < 1.29 is 5.11 Å². The highest BCUT2D eigenvalue weighted by Gasteiger charge is 2.26. The molecule has 4 heteroatoms. The van der Waals surface area contributed by atoms with Crippen LogP contribution in [0.4, 0.5) is 0 Å². The fourth-order valence-corrected chi connectivity index (χ4v) is 2.36. The summed E-state index contributed by atoms with van der Waals surface area (Å²) in [6, 6.07) is 0.519.